The van der Waals surface area contributed by atoms with E-state index in [9.17, 15) is 0 Å². The Balaban J connectivity index is 2.16. The van der Waals surface area contributed by atoms with Crippen LogP contribution in [-0.4, -0.2) is 29.6 Å². The van der Waals surface area contributed by atoms with Crippen LogP contribution in [0, 0.1) is 5.92 Å². The summed E-state index contributed by atoms with van der Waals surface area (Å²) in [7, 11) is 0. The average molecular weight is 289 g/mol. The summed E-state index contributed by atoms with van der Waals surface area (Å²) in [6, 6.07) is 11.2. The van der Waals surface area contributed by atoms with Crippen LogP contribution >= 0.6 is 0 Å². The van der Waals surface area contributed by atoms with E-state index < -0.39 is 0 Å². The first-order valence-corrected chi connectivity index (χ1v) is 8.38. The first kappa shape index (κ1) is 16.5. The predicted molar refractivity (Wildman–Crippen MR) is 90.0 cm³/mol. The van der Waals surface area contributed by atoms with Crippen LogP contribution in [0.25, 0.3) is 0 Å². The van der Waals surface area contributed by atoms with Gasteiger partial charge in [0.05, 0.1) is 0 Å². The third-order valence-electron chi connectivity index (χ3n) is 5.55. The molecule has 2 rings (SSSR count). The lowest BCUT2D eigenvalue weighted by Crippen LogP contribution is -2.62. The molecule has 0 heterocycles. The van der Waals surface area contributed by atoms with Crippen LogP contribution in [0.2, 0.25) is 0 Å². The lowest BCUT2D eigenvalue weighted by Gasteiger charge is -2.46. The van der Waals surface area contributed by atoms with Crippen LogP contribution in [0.15, 0.2) is 30.3 Å². The maximum Gasteiger partial charge on any atom is 0.0426 e. The summed E-state index contributed by atoms with van der Waals surface area (Å²) in [5, 5.41) is 0. The Labute approximate surface area is 129 Å². The number of hydrogen-bond acceptors (Lipinski definition) is 3. The van der Waals surface area contributed by atoms with E-state index in [0.717, 1.165) is 19.5 Å². The Bertz CT molecular complexity index is 429. The molecule has 1 aromatic carbocycles. The van der Waals surface area contributed by atoms with Gasteiger partial charge >= 0.3 is 0 Å². The zero-order valence-electron chi connectivity index (χ0n) is 14.0. The highest BCUT2D eigenvalue weighted by Crippen LogP contribution is 2.52. The molecule has 0 saturated heterocycles. The molecule has 4 atom stereocenters. The Morgan fingerprint density at radius 2 is 1.86 bits per heavy atom. The first-order valence-electron chi connectivity index (χ1n) is 8.38. The van der Waals surface area contributed by atoms with Gasteiger partial charge in [-0.25, -0.2) is 0 Å². The number of nitrogens with two attached hydrogens (primary N) is 1. The van der Waals surface area contributed by atoms with Gasteiger partial charge in [-0.1, -0.05) is 51.1 Å². The van der Waals surface area contributed by atoms with Crippen LogP contribution in [0.5, 0.6) is 0 Å². The highest BCUT2D eigenvalue weighted by atomic mass is 15.3. The number of benzene rings is 1. The molecule has 0 spiro atoms. The Morgan fingerprint density at radius 1 is 1.24 bits per heavy atom. The maximum absolute atomic E-state index is 5.99. The van der Waals surface area contributed by atoms with Crippen LogP contribution in [0.3, 0.4) is 0 Å². The van der Waals surface area contributed by atoms with Gasteiger partial charge in [0.15, 0.2) is 0 Å². The fraction of sp³-hybridized carbons (Fsp3) is 0.667. The van der Waals surface area contributed by atoms with Crippen LogP contribution in [-0.2, 0) is 0 Å². The minimum absolute atomic E-state index is 0.118. The topological polar surface area (TPSA) is 41.3 Å². The molecule has 1 aromatic rings. The minimum atomic E-state index is 0.118. The summed E-state index contributed by atoms with van der Waals surface area (Å²) in [6.07, 6.45) is 2.36. The number of rotatable bonds is 8. The van der Waals surface area contributed by atoms with E-state index in [-0.39, 0.29) is 5.54 Å². The van der Waals surface area contributed by atoms with Crippen molar-refractivity contribution in [3.05, 3.63) is 35.9 Å². The van der Waals surface area contributed by atoms with E-state index >= 15 is 0 Å². The number of hydrogen-bond donors (Lipinski definition) is 2. The molecule has 0 radical (unpaired) electrons. The minimum Gasteiger partial charge on any atom is -0.297 e. The number of nitrogens with one attached hydrogen (secondary N) is 1. The normalized spacial score (nSPS) is 25.6. The van der Waals surface area contributed by atoms with E-state index in [1.807, 2.05) is 0 Å². The van der Waals surface area contributed by atoms with Crippen molar-refractivity contribution >= 4 is 0 Å². The second kappa shape index (κ2) is 6.91. The summed E-state index contributed by atoms with van der Waals surface area (Å²) in [5.74, 6) is 7.29. The smallest absolute Gasteiger partial charge is 0.0426 e. The molecular weight excluding hydrogens is 258 g/mol. The molecule has 118 valence electrons. The molecule has 1 aliphatic carbocycles. The third-order valence-corrected chi connectivity index (χ3v) is 5.55. The molecule has 1 aliphatic rings. The van der Waals surface area contributed by atoms with Crippen molar-refractivity contribution < 1.29 is 0 Å². The van der Waals surface area contributed by atoms with Gasteiger partial charge in [0.25, 0.3) is 0 Å². The predicted octanol–water partition coefficient (Wildman–Crippen LogP) is 3.13. The number of likely N-dealkylation sites (N-methyl/N-ethyl adjacent to an activating group) is 1. The Kier molecular flexibility index (Phi) is 5.42. The van der Waals surface area contributed by atoms with Crippen molar-refractivity contribution in [2.75, 3.05) is 13.1 Å². The maximum atomic E-state index is 5.99. The molecular formula is C18H31N3. The lowest BCUT2D eigenvalue weighted by atomic mass is 9.83. The van der Waals surface area contributed by atoms with Crippen LogP contribution < -0.4 is 11.3 Å². The third kappa shape index (κ3) is 3.15. The van der Waals surface area contributed by atoms with Crippen molar-refractivity contribution in [1.82, 2.24) is 10.3 Å². The molecule has 1 fully saturated rings. The van der Waals surface area contributed by atoms with Gasteiger partial charge in [0.1, 0.15) is 0 Å². The highest BCUT2D eigenvalue weighted by Gasteiger charge is 2.51. The van der Waals surface area contributed by atoms with E-state index in [4.69, 9.17) is 5.84 Å². The molecule has 3 heteroatoms. The van der Waals surface area contributed by atoms with Crippen molar-refractivity contribution in [1.29, 1.82) is 0 Å². The summed E-state index contributed by atoms with van der Waals surface area (Å²) in [6.45, 7) is 11.3. The number of nitrogens with zero attached hydrogens (tertiary/aromatic N) is 1. The molecule has 0 aromatic heterocycles. The quantitative estimate of drug-likeness (QED) is 0.570. The fourth-order valence-electron chi connectivity index (χ4n) is 4.02. The van der Waals surface area contributed by atoms with Gasteiger partial charge in [-0.3, -0.25) is 16.2 Å². The SMILES string of the molecule is CCN(CC)C(C)(CC)C(NN)C1CC1c1ccccc1. The zero-order chi connectivity index (χ0) is 15.5. The molecule has 0 bridgehead atoms. The first-order chi connectivity index (χ1) is 10.1. The fourth-order valence-corrected chi connectivity index (χ4v) is 4.02. The van der Waals surface area contributed by atoms with Gasteiger partial charge in [-0.15, -0.1) is 0 Å². The Morgan fingerprint density at radius 3 is 2.33 bits per heavy atom. The average Bonchev–Trinajstić information content (AvgIpc) is 3.30. The lowest BCUT2D eigenvalue weighted by molar-refractivity contribution is 0.0607. The highest BCUT2D eigenvalue weighted by molar-refractivity contribution is 5.27. The summed E-state index contributed by atoms with van der Waals surface area (Å²) < 4.78 is 0. The second-order valence-corrected chi connectivity index (χ2v) is 6.44. The van der Waals surface area contributed by atoms with Gasteiger partial charge < -0.3 is 0 Å². The van der Waals surface area contributed by atoms with Crippen LogP contribution in [0.4, 0.5) is 0 Å². The van der Waals surface area contributed by atoms with Crippen molar-refractivity contribution in [3.8, 4) is 0 Å². The Hall–Kier alpha value is -0.900. The van der Waals surface area contributed by atoms with Gasteiger partial charge in [0, 0.05) is 11.6 Å². The summed E-state index contributed by atoms with van der Waals surface area (Å²) in [4.78, 5) is 2.55. The van der Waals surface area contributed by atoms with Gasteiger partial charge in [-0.05, 0) is 50.3 Å². The van der Waals surface area contributed by atoms with E-state index in [2.05, 4.69) is 68.4 Å². The van der Waals surface area contributed by atoms with Crippen molar-refractivity contribution in [2.45, 2.75) is 58.0 Å². The molecule has 21 heavy (non-hydrogen) atoms. The van der Waals surface area contributed by atoms with Gasteiger partial charge in [-0.2, -0.15) is 0 Å². The summed E-state index contributed by atoms with van der Waals surface area (Å²) in [5.41, 5.74) is 4.74. The monoisotopic (exact) mass is 289 g/mol. The summed E-state index contributed by atoms with van der Waals surface area (Å²) >= 11 is 0. The molecule has 1 saturated carbocycles. The van der Waals surface area contributed by atoms with Crippen molar-refractivity contribution in [2.24, 2.45) is 11.8 Å². The van der Waals surface area contributed by atoms with Crippen molar-refractivity contribution in [3.63, 3.8) is 0 Å². The second-order valence-electron chi connectivity index (χ2n) is 6.44. The molecule has 0 amide bonds. The molecule has 0 aliphatic heterocycles. The van der Waals surface area contributed by atoms with Crippen LogP contribution in [0.1, 0.15) is 52.0 Å². The standard InChI is InChI=1S/C18H31N3/c1-5-18(4,21(6-2)7-3)17(20-19)16-13-15(16)14-11-9-8-10-12-14/h8-12,15-17,20H,5-7,13,19H2,1-4H3. The van der Waals surface area contributed by atoms with E-state index in [1.54, 1.807) is 0 Å². The largest absolute Gasteiger partial charge is 0.297 e. The zero-order valence-corrected chi connectivity index (χ0v) is 14.0. The molecule has 3 nitrogen and oxygen atoms in total. The van der Waals surface area contributed by atoms with Gasteiger partial charge in [0.2, 0.25) is 0 Å². The molecule has 4 unspecified atom stereocenters. The molecule has 3 N–H and O–H groups in total. The van der Waals surface area contributed by atoms with E-state index in [0.29, 0.717) is 17.9 Å². The van der Waals surface area contributed by atoms with E-state index in [1.165, 1.54) is 12.0 Å². The number of hydrazine groups is 1.